The fourth-order valence-corrected chi connectivity index (χ4v) is 2.64. The molecule has 2 aromatic heterocycles. The molecule has 0 atom stereocenters. The third kappa shape index (κ3) is 4.50. The van der Waals surface area contributed by atoms with Gasteiger partial charge in [0.2, 0.25) is 0 Å². The van der Waals surface area contributed by atoms with Crippen LogP contribution in [0.1, 0.15) is 24.1 Å². The van der Waals surface area contributed by atoms with E-state index in [1.807, 2.05) is 43.5 Å². The van der Waals surface area contributed by atoms with Gasteiger partial charge in [-0.2, -0.15) is 0 Å². The number of furan rings is 1. The van der Waals surface area contributed by atoms with E-state index in [0.717, 1.165) is 18.1 Å². The van der Waals surface area contributed by atoms with Crippen molar-refractivity contribution in [3.63, 3.8) is 0 Å². The van der Waals surface area contributed by atoms with Gasteiger partial charge in [0, 0.05) is 25.5 Å². The summed E-state index contributed by atoms with van der Waals surface area (Å²) in [6.45, 7) is 4.01. The number of amides is 2. The lowest BCUT2D eigenvalue weighted by Gasteiger charge is -2.22. The highest BCUT2D eigenvalue weighted by atomic mass is 16.3. The summed E-state index contributed by atoms with van der Waals surface area (Å²) in [4.78, 5) is 18.5. The fraction of sp³-hybridized carbons (Fsp3) is 0.263. The molecule has 130 valence electrons. The molecule has 3 aromatic rings. The first kappa shape index (κ1) is 16.8. The SMILES string of the molecule is CCNC(=O)N(Cc1ccco1)Cc1nccn1Cc1ccccc1. The van der Waals surface area contributed by atoms with E-state index in [2.05, 4.69) is 27.0 Å². The largest absolute Gasteiger partial charge is 0.467 e. The third-order valence-corrected chi connectivity index (χ3v) is 3.87. The Kier molecular flexibility index (Phi) is 5.51. The second-order valence-electron chi connectivity index (χ2n) is 5.73. The smallest absolute Gasteiger partial charge is 0.318 e. The third-order valence-electron chi connectivity index (χ3n) is 3.87. The summed E-state index contributed by atoms with van der Waals surface area (Å²) in [5.41, 5.74) is 1.19. The second kappa shape index (κ2) is 8.19. The summed E-state index contributed by atoms with van der Waals surface area (Å²) in [7, 11) is 0. The molecule has 0 aliphatic rings. The van der Waals surface area contributed by atoms with Crippen molar-refractivity contribution in [1.29, 1.82) is 0 Å². The Morgan fingerprint density at radius 3 is 2.76 bits per heavy atom. The maximum Gasteiger partial charge on any atom is 0.318 e. The van der Waals surface area contributed by atoms with Crippen molar-refractivity contribution in [2.45, 2.75) is 26.6 Å². The molecule has 6 nitrogen and oxygen atoms in total. The Labute approximate surface area is 147 Å². The van der Waals surface area contributed by atoms with Gasteiger partial charge in [-0.15, -0.1) is 0 Å². The van der Waals surface area contributed by atoms with Crippen molar-refractivity contribution in [3.05, 3.63) is 78.3 Å². The molecule has 0 aliphatic heterocycles. The van der Waals surface area contributed by atoms with E-state index < -0.39 is 0 Å². The molecular formula is C19H22N4O2. The van der Waals surface area contributed by atoms with Crippen molar-refractivity contribution in [3.8, 4) is 0 Å². The number of carbonyl (C=O) groups excluding carboxylic acids is 1. The van der Waals surface area contributed by atoms with Crippen molar-refractivity contribution in [1.82, 2.24) is 19.8 Å². The zero-order valence-corrected chi connectivity index (χ0v) is 14.3. The van der Waals surface area contributed by atoms with Gasteiger partial charge >= 0.3 is 6.03 Å². The Hall–Kier alpha value is -3.02. The van der Waals surface area contributed by atoms with Crippen LogP contribution in [-0.2, 0) is 19.6 Å². The van der Waals surface area contributed by atoms with E-state index in [4.69, 9.17) is 4.42 Å². The van der Waals surface area contributed by atoms with Crippen molar-refractivity contribution in [2.75, 3.05) is 6.54 Å². The molecule has 0 spiro atoms. The number of carbonyl (C=O) groups is 1. The van der Waals surface area contributed by atoms with Crippen LogP contribution in [-0.4, -0.2) is 27.0 Å². The average Bonchev–Trinajstić information content (AvgIpc) is 3.28. The van der Waals surface area contributed by atoms with Crippen LogP contribution in [0.5, 0.6) is 0 Å². The van der Waals surface area contributed by atoms with Gasteiger partial charge in [0.1, 0.15) is 11.6 Å². The van der Waals surface area contributed by atoms with Gasteiger partial charge in [0.05, 0.1) is 19.4 Å². The lowest BCUT2D eigenvalue weighted by atomic mass is 10.2. The van der Waals surface area contributed by atoms with Crippen LogP contribution in [0, 0.1) is 0 Å². The van der Waals surface area contributed by atoms with E-state index in [0.29, 0.717) is 19.6 Å². The van der Waals surface area contributed by atoms with Crippen LogP contribution >= 0.6 is 0 Å². The van der Waals surface area contributed by atoms with E-state index in [1.54, 1.807) is 17.4 Å². The molecule has 2 amide bonds. The second-order valence-corrected chi connectivity index (χ2v) is 5.73. The summed E-state index contributed by atoms with van der Waals surface area (Å²) in [6.07, 6.45) is 5.31. The Balaban J connectivity index is 1.75. The quantitative estimate of drug-likeness (QED) is 0.719. The summed E-state index contributed by atoms with van der Waals surface area (Å²) < 4.78 is 7.45. The van der Waals surface area contributed by atoms with Gasteiger partial charge in [-0.05, 0) is 24.6 Å². The Bertz CT molecular complexity index is 781. The van der Waals surface area contributed by atoms with Gasteiger partial charge < -0.3 is 19.2 Å². The molecule has 0 saturated carbocycles. The molecule has 0 bridgehead atoms. The minimum Gasteiger partial charge on any atom is -0.467 e. The van der Waals surface area contributed by atoms with Crippen molar-refractivity contribution < 1.29 is 9.21 Å². The summed E-state index contributed by atoms with van der Waals surface area (Å²) in [6, 6.07) is 13.7. The molecule has 0 aliphatic carbocycles. The number of aromatic nitrogens is 2. The number of nitrogens with one attached hydrogen (secondary N) is 1. The van der Waals surface area contributed by atoms with E-state index in [1.165, 1.54) is 5.56 Å². The summed E-state index contributed by atoms with van der Waals surface area (Å²) >= 11 is 0. The standard InChI is InChI=1S/C19H22N4O2/c1-2-20-19(24)23(14-17-9-6-12-25-17)15-18-21-10-11-22(18)13-16-7-4-3-5-8-16/h3-12H,2,13-15H2,1H3,(H,20,24). The van der Waals surface area contributed by atoms with Crippen LogP contribution in [0.2, 0.25) is 0 Å². The Morgan fingerprint density at radius 2 is 2.04 bits per heavy atom. The number of imidazole rings is 1. The first-order valence-electron chi connectivity index (χ1n) is 8.35. The maximum atomic E-state index is 12.4. The number of hydrogen-bond acceptors (Lipinski definition) is 3. The normalized spacial score (nSPS) is 10.6. The lowest BCUT2D eigenvalue weighted by molar-refractivity contribution is 0.185. The fourth-order valence-electron chi connectivity index (χ4n) is 2.64. The molecule has 0 fully saturated rings. The molecule has 2 heterocycles. The number of hydrogen-bond donors (Lipinski definition) is 1. The molecule has 3 rings (SSSR count). The van der Waals surface area contributed by atoms with E-state index >= 15 is 0 Å². The number of urea groups is 1. The number of nitrogens with zero attached hydrogens (tertiary/aromatic N) is 3. The van der Waals surface area contributed by atoms with Crippen LogP contribution in [0.25, 0.3) is 0 Å². The minimum absolute atomic E-state index is 0.131. The summed E-state index contributed by atoms with van der Waals surface area (Å²) in [5.74, 6) is 1.58. The van der Waals surface area contributed by atoms with Gasteiger partial charge in [-0.1, -0.05) is 30.3 Å². The van der Waals surface area contributed by atoms with Crippen molar-refractivity contribution >= 4 is 6.03 Å². The first-order valence-corrected chi connectivity index (χ1v) is 8.35. The molecule has 1 aromatic carbocycles. The highest BCUT2D eigenvalue weighted by molar-refractivity contribution is 5.73. The lowest BCUT2D eigenvalue weighted by Crippen LogP contribution is -2.39. The Morgan fingerprint density at radius 1 is 1.20 bits per heavy atom. The topological polar surface area (TPSA) is 63.3 Å². The van der Waals surface area contributed by atoms with Gasteiger partial charge in [0.25, 0.3) is 0 Å². The predicted molar refractivity (Wildman–Crippen MR) is 94.8 cm³/mol. The maximum absolute atomic E-state index is 12.4. The molecule has 6 heteroatoms. The van der Waals surface area contributed by atoms with E-state index in [9.17, 15) is 4.79 Å². The molecule has 0 saturated heterocycles. The molecule has 1 N–H and O–H groups in total. The average molecular weight is 338 g/mol. The molecule has 0 radical (unpaired) electrons. The first-order chi connectivity index (χ1) is 12.3. The van der Waals surface area contributed by atoms with Gasteiger partial charge in [-0.3, -0.25) is 0 Å². The predicted octanol–water partition coefficient (Wildman–Crippen LogP) is 3.26. The minimum atomic E-state index is -0.131. The van der Waals surface area contributed by atoms with Crippen LogP contribution in [0.4, 0.5) is 4.79 Å². The van der Waals surface area contributed by atoms with Crippen LogP contribution < -0.4 is 5.32 Å². The molecule has 25 heavy (non-hydrogen) atoms. The van der Waals surface area contributed by atoms with Crippen LogP contribution in [0.15, 0.2) is 65.5 Å². The highest BCUT2D eigenvalue weighted by Crippen LogP contribution is 2.12. The van der Waals surface area contributed by atoms with Crippen molar-refractivity contribution in [2.24, 2.45) is 0 Å². The number of benzene rings is 1. The highest BCUT2D eigenvalue weighted by Gasteiger charge is 2.17. The summed E-state index contributed by atoms with van der Waals surface area (Å²) in [5, 5.41) is 2.85. The van der Waals surface area contributed by atoms with Gasteiger partial charge in [0.15, 0.2) is 0 Å². The molecular weight excluding hydrogens is 316 g/mol. The number of rotatable bonds is 7. The van der Waals surface area contributed by atoms with Crippen LogP contribution in [0.3, 0.4) is 0 Å². The molecule has 0 unspecified atom stereocenters. The zero-order valence-electron chi connectivity index (χ0n) is 14.3. The van der Waals surface area contributed by atoms with Gasteiger partial charge in [-0.25, -0.2) is 9.78 Å². The zero-order chi connectivity index (χ0) is 17.5. The monoisotopic (exact) mass is 338 g/mol. The van der Waals surface area contributed by atoms with E-state index in [-0.39, 0.29) is 6.03 Å².